The molecule has 0 radical (unpaired) electrons. The molecule has 1 atom stereocenters. The Morgan fingerprint density at radius 3 is 2.56 bits per heavy atom. The lowest BCUT2D eigenvalue weighted by molar-refractivity contribution is -0.127. The summed E-state index contributed by atoms with van der Waals surface area (Å²) in [7, 11) is 0. The third-order valence-corrected chi connectivity index (χ3v) is 3.79. The molecule has 6 heteroatoms. The summed E-state index contributed by atoms with van der Waals surface area (Å²) in [5.41, 5.74) is 0.284. The number of allylic oxidation sites excluding steroid dienone is 1. The monoisotopic (exact) mass is 376 g/mol. The number of nitrogens with one attached hydrogen (secondary N) is 2. The molecular formula is C21H26F2N2O2. The molecule has 2 N–H and O–H groups in total. The molecule has 0 saturated heterocycles. The molecule has 0 aliphatic rings. The van der Waals surface area contributed by atoms with Crippen molar-refractivity contribution in [3.63, 3.8) is 0 Å². The van der Waals surface area contributed by atoms with Crippen LogP contribution in [0.5, 0.6) is 0 Å². The summed E-state index contributed by atoms with van der Waals surface area (Å²) in [5, 5.41) is 5.29. The summed E-state index contributed by atoms with van der Waals surface area (Å²) in [5.74, 6) is 0.162. The van der Waals surface area contributed by atoms with Gasteiger partial charge in [0, 0.05) is 25.5 Å². The minimum absolute atomic E-state index is 0.0236. The van der Waals surface area contributed by atoms with Gasteiger partial charge in [-0.2, -0.15) is 0 Å². The Kier molecular flexibility index (Phi) is 10.5. The van der Waals surface area contributed by atoms with E-state index < -0.39 is 29.5 Å². The van der Waals surface area contributed by atoms with Crippen molar-refractivity contribution < 1.29 is 18.4 Å². The van der Waals surface area contributed by atoms with Gasteiger partial charge in [-0.15, -0.1) is 12.3 Å². The van der Waals surface area contributed by atoms with Gasteiger partial charge in [-0.1, -0.05) is 25.8 Å². The lowest BCUT2D eigenvalue weighted by Crippen LogP contribution is -2.47. The van der Waals surface area contributed by atoms with Crippen LogP contribution in [0.2, 0.25) is 0 Å². The molecule has 0 bridgehead atoms. The van der Waals surface area contributed by atoms with E-state index in [0.29, 0.717) is 19.4 Å². The van der Waals surface area contributed by atoms with Crippen LogP contribution in [0.25, 0.3) is 0 Å². The Labute approximate surface area is 159 Å². The van der Waals surface area contributed by atoms with Crippen molar-refractivity contribution in [3.8, 4) is 12.3 Å². The third-order valence-electron chi connectivity index (χ3n) is 3.79. The molecule has 0 saturated carbocycles. The largest absolute Gasteiger partial charge is 0.354 e. The van der Waals surface area contributed by atoms with E-state index in [1.54, 1.807) is 6.08 Å². The van der Waals surface area contributed by atoms with E-state index in [0.717, 1.165) is 37.5 Å². The summed E-state index contributed by atoms with van der Waals surface area (Å²) in [4.78, 5) is 24.5. The predicted molar refractivity (Wildman–Crippen MR) is 102 cm³/mol. The topological polar surface area (TPSA) is 58.2 Å². The van der Waals surface area contributed by atoms with Gasteiger partial charge in [0.2, 0.25) is 11.8 Å². The van der Waals surface area contributed by atoms with Crippen molar-refractivity contribution in [3.05, 3.63) is 47.5 Å². The zero-order valence-corrected chi connectivity index (χ0v) is 15.6. The fraction of sp³-hybridized carbons (Fsp3) is 0.429. The average Bonchev–Trinajstić information content (AvgIpc) is 2.61. The molecule has 4 nitrogen and oxygen atoms in total. The Balaban J connectivity index is 2.78. The quantitative estimate of drug-likeness (QED) is 0.354. The van der Waals surface area contributed by atoms with Crippen molar-refractivity contribution in [2.75, 3.05) is 6.54 Å². The minimum atomic E-state index is -0.944. The van der Waals surface area contributed by atoms with Gasteiger partial charge in [-0.3, -0.25) is 9.59 Å². The maximum atomic E-state index is 13.4. The molecule has 1 aromatic carbocycles. The van der Waals surface area contributed by atoms with Gasteiger partial charge in [0.1, 0.15) is 17.7 Å². The van der Waals surface area contributed by atoms with Crippen LogP contribution < -0.4 is 10.6 Å². The normalized spacial score (nSPS) is 11.8. The molecule has 0 heterocycles. The Bertz CT molecular complexity index is 676. The number of hydrogen-bond acceptors (Lipinski definition) is 2. The zero-order chi connectivity index (χ0) is 20.1. The number of carbonyl (C=O) groups is 2. The molecule has 146 valence electrons. The van der Waals surface area contributed by atoms with E-state index >= 15 is 0 Å². The fourth-order valence-electron chi connectivity index (χ4n) is 2.43. The number of benzene rings is 1. The number of hydrogen-bond donors (Lipinski definition) is 2. The van der Waals surface area contributed by atoms with Crippen LogP contribution in [0.3, 0.4) is 0 Å². The zero-order valence-electron chi connectivity index (χ0n) is 15.6. The van der Waals surface area contributed by atoms with Crippen molar-refractivity contribution in [1.29, 1.82) is 0 Å². The highest BCUT2D eigenvalue weighted by Crippen LogP contribution is 2.10. The van der Waals surface area contributed by atoms with Crippen LogP contribution in [0.1, 0.15) is 44.6 Å². The first-order valence-electron chi connectivity index (χ1n) is 9.09. The maximum Gasteiger partial charge on any atom is 0.244 e. The van der Waals surface area contributed by atoms with E-state index in [9.17, 15) is 18.4 Å². The van der Waals surface area contributed by atoms with Gasteiger partial charge in [-0.05, 0) is 36.6 Å². The molecular weight excluding hydrogens is 350 g/mol. The van der Waals surface area contributed by atoms with Crippen LogP contribution >= 0.6 is 0 Å². The molecule has 0 aliphatic carbocycles. The first-order chi connectivity index (χ1) is 13.0. The molecule has 1 rings (SSSR count). The lowest BCUT2D eigenvalue weighted by Gasteiger charge is -2.18. The van der Waals surface area contributed by atoms with Crippen molar-refractivity contribution in [2.24, 2.45) is 0 Å². The molecule has 0 unspecified atom stereocenters. The van der Waals surface area contributed by atoms with Gasteiger partial charge in [0.05, 0.1) is 0 Å². The number of carbonyl (C=O) groups excluding carboxylic acids is 2. The lowest BCUT2D eigenvalue weighted by atomic mass is 10.0. The number of amides is 2. The highest BCUT2D eigenvalue weighted by Gasteiger charge is 2.20. The van der Waals surface area contributed by atoms with E-state index in [-0.39, 0.29) is 12.0 Å². The second-order valence-corrected chi connectivity index (χ2v) is 6.19. The van der Waals surface area contributed by atoms with E-state index in [1.165, 1.54) is 6.08 Å². The Hall–Kier alpha value is -2.68. The van der Waals surface area contributed by atoms with Gasteiger partial charge in [0.25, 0.3) is 0 Å². The van der Waals surface area contributed by atoms with Crippen molar-refractivity contribution in [2.45, 2.75) is 51.5 Å². The van der Waals surface area contributed by atoms with E-state index in [4.69, 9.17) is 6.42 Å². The summed E-state index contributed by atoms with van der Waals surface area (Å²) >= 11 is 0. The van der Waals surface area contributed by atoms with Gasteiger partial charge in [-0.25, -0.2) is 8.78 Å². The average molecular weight is 376 g/mol. The molecule has 2 amide bonds. The van der Waals surface area contributed by atoms with Crippen LogP contribution in [-0.4, -0.2) is 24.4 Å². The Morgan fingerprint density at radius 1 is 1.22 bits per heavy atom. The smallest absolute Gasteiger partial charge is 0.244 e. The van der Waals surface area contributed by atoms with Crippen LogP contribution in [0.15, 0.2) is 30.4 Å². The molecule has 0 aromatic heterocycles. The summed E-state index contributed by atoms with van der Waals surface area (Å²) in [6.07, 6.45) is 12.1. The van der Waals surface area contributed by atoms with Crippen molar-refractivity contribution in [1.82, 2.24) is 10.6 Å². The Morgan fingerprint density at radius 2 is 1.93 bits per heavy atom. The molecule has 0 aliphatic heterocycles. The van der Waals surface area contributed by atoms with Crippen LogP contribution in [-0.2, 0) is 16.0 Å². The van der Waals surface area contributed by atoms with Gasteiger partial charge >= 0.3 is 0 Å². The third kappa shape index (κ3) is 9.55. The van der Waals surface area contributed by atoms with Crippen LogP contribution in [0.4, 0.5) is 8.78 Å². The van der Waals surface area contributed by atoms with E-state index in [2.05, 4.69) is 16.6 Å². The SMILES string of the molecule is C#CCCCNC(=O)[C@H](Cc1cc(F)cc(F)c1)NC(=O)/C=C/CCCC. The second kappa shape index (κ2) is 12.6. The molecule has 0 fully saturated rings. The van der Waals surface area contributed by atoms with Gasteiger partial charge in [0.15, 0.2) is 0 Å². The summed E-state index contributed by atoms with van der Waals surface area (Å²) in [6.45, 7) is 2.41. The van der Waals surface area contributed by atoms with Crippen LogP contribution in [0, 0.1) is 24.0 Å². The number of unbranched alkanes of at least 4 members (excludes halogenated alkanes) is 3. The standard InChI is InChI=1S/C21H26F2N2O2/c1-3-5-7-8-10-20(26)25-19(21(27)24-11-9-6-4-2)14-16-12-17(22)15-18(23)13-16/h2,8,10,12-13,15,19H,3,5-7,9,11,14H2,1H3,(H,24,27)(H,25,26)/b10-8+/t19-/m0/s1. The highest BCUT2D eigenvalue weighted by molar-refractivity contribution is 5.93. The molecule has 1 aromatic rings. The first kappa shape index (κ1) is 22.4. The fourth-order valence-corrected chi connectivity index (χ4v) is 2.43. The maximum absolute atomic E-state index is 13.4. The molecule has 0 spiro atoms. The van der Waals surface area contributed by atoms with Crippen molar-refractivity contribution >= 4 is 11.8 Å². The summed E-state index contributed by atoms with van der Waals surface area (Å²) in [6, 6.07) is 2.10. The van der Waals surface area contributed by atoms with Gasteiger partial charge < -0.3 is 10.6 Å². The number of terminal acetylenes is 1. The number of rotatable bonds is 11. The number of halogens is 2. The molecule has 27 heavy (non-hydrogen) atoms. The highest BCUT2D eigenvalue weighted by atomic mass is 19.1. The predicted octanol–water partition coefficient (Wildman–Crippen LogP) is 3.27. The second-order valence-electron chi connectivity index (χ2n) is 6.19. The minimum Gasteiger partial charge on any atom is -0.354 e. The van der Waals surface area contributed by atoms with E-state index in [1.807, 2.05) is 6.92 Å². The first-order valence-corrected chi connectivity index (χ1v) is 9.09. The summed E-state index contributed by atoms with van der Waals surface area (Å²) < 4.78 is 26.8.